The van der Waals surface area contributed by atoms with Gasteiger partial charge in [-0.2, -0.15) is 0 Å². The van der Waals surface area contributed by atoms with Gasteiger partial charge in [0.1, 0.15) is 11.8 Å². The molecule has 0 spiro atoms. The highest BCUT2D eigenvalue weighted by Gasteiger charge is 2.02. The van der Waals surface area contributed by atoms with Crippen molar-refractivity contribution >= 4 is 17.0 Å². The lowest BCUT2D eigenvalue weighted by molar-refractivity contribution is -0.249. The van der Waals surface area contributed by atoms with Gasteiger partial charge in [0.2, 0.25) is 0 Å². The first-order chi connectivity index (χ1) is 6.72. The second-order valence-electron chi connectivity index (χ2n) is 2.88. The van der Waals surface area contributed by atoms with Crippen LogP contribution < -0.4 is 9.84 Å². The second kappa shape index (κ2) is 3.06. The molecule has 1 aromatic heterocycles. The number of aromatic nitrogens is 1. The molecule has 0 fully saturated rings. The number of ether oxygens (including phenoxy) is 1. The summed E-state index contributed by atoms with van der Waals surface area (Å²) in [7, 11) is 1.54. The van der Waals surface area contributed by atoms with Crippen LogP contribution in [0.3, 0.4) is 0 Å². The Morgan fingerprint density at radius 3 is 2.86 bits per heavy atom. The molecule has 0 aliphatic heterocycles. The van der Waals surface area contributed by atoms with Gasteiger partial charge in [-0.3, -0.25) is 0 Å². The third-order valence-corrected chi connectivity index (χ3v) is 2.10. The minimum absolute atomic E-state index is 0.573. The van der Waals surface area contributed by atoms with Crippen LogP contribution in [-0.4, -0.2) is 17.8 Å². The first-order valence-corrected chi connectivity index (χ1v) is 4.09. The summed E-state index contributed by atoms with van der Waals surface area (Å²) >= 11 is 0. The molecule has 0 aliphatic rings. The van der Waals surface area contributed by atoms with Gasteiger partial charge >= 0.3 is 0 Å². The molecule has 4 nitrogen and oxygen atoms in total. The predicted octanol–water partition coefficient (Wildman–Crippen LogP) is 0.841. The van der Waals surface area contributed by atoms with E-state index in [1.807, 2.05) is 0 Å². The molecule has 0 unspecified atom stereocenters. The third-order valence-electron chi connectivity index (χ3n) is 2.10. The van der Waals surface area contributed by atoms with Crippen LogP contribution >= 0.6 is 0 Å². The van der Waals surface area contributed by atoms with Gasteiger partial charge in [-0.05, 0) is 18.2 Å². The second-order valence-corrected chi connectivity index (χ2v) is 2.88. The maximum atomic E-state index is 10.7. The third kappa shape index (κ3) is 1.21. The molecule has 2 aromatic rings. The number of hydrogen-bond donors (Lipinski definition) is 0. The highest BCUT2D eigenvalue weighted by molar-refractivity contribution is 5.89. The van der Waals surface area contributed by atoms with Crippen molar-refractivity contribution in [3.05, 3.63) is 30.5 Å². The quantitative estimate of drug-likeness (QED) is 0.669. The fraction of sp³-hybridized carbons (Fsp3) is 0.100. The standard InChI is InChI=1S/C10H9NO3/c1-14-8-3-2-7-4-5-11(10(12)13)9(7)6-8/h2-6H,1H3,(H,12,13)/p-1. The minimum atomic E-state index is -1.24. The van der Waals surface area contributed by atoms with E-state index in [4.69, 9.17) is 4.74 Å². The number of methoxy groups -OCH3 is 1. The first-order valence-electron chi connectivity index (χ1n) is 4.09. The van der Waals surface area contributed by atoms with E-state index in [2.05, 4.69) is 0 Å². The number of fused-ring (bicyclic) bond motifs is 1. The largest absolute Gasteiger partial charge is 0.529 e. The highest BCUT2D eigenvalue weighted by atomic mass is 16.5. The molecule has 0 radical (unpaired) electrons. The summed E-state index contributed by atoms with van der Waals surface area (Å²) in [6.45, 7) is 0. The molecule has 0 amide bonds. The van der Waals surface area contributed by atoms with Gasteiger partial charge in [-0.25, -0.2) is 0 Å². The first kappa shape index (κ1) is 8.62. The van der Waals surface area contributed by atoms with E-state index in [9.17, 15) is 9.90 Å². The van der Waals surface area contributed by atoms with Gasteiger partial charge < -0.3 is 19.2 Å². The van der Waals surface area contributed by atoms with Crippen molar-refractivity contribution in [1.82, 2.24) is 4.57 Å². The fourth-order valence-electron chi connectivity index (χ4n) is 1.39. The number of rotatable bonds is 1. The molecule has 0 N–H and O–H groups in total. The van der Waals surface area contributed by atoms with E-state index in [-0.39, 0.29) is 0 Å². The van der Waals surface area contributed by atoms with Crippen LogP contribution in [0.4, 0.5) is 4.79 Å². The maximum Gasteiger partial charge on any atom is 0.145 e. The molecule has 0 saturated heterocycles. The summed E-state index contributed by atoms with van der Waals surface area (Å²) in [4.78, 5) is 10.7. The summed E-state index contributed by atoms with van der Waals surface area (Å²) in [5, 5.41) is 11.5. The molecule has 0 aliphatic carbocycles. The predicted molar refractivity (Wildman–Crippen MR) is 49.3 cm³/mol. The van der Waals surface area contributed by atoms with Gasteiger partial charge in [-0.15, -0.1) is 0 Å². The van der Waals surface area contributed by atoms with Crippen LogP contribution in [0.25, 0.3) is 10.9 Å². The molecule has 4 heteroatoms. The summed E-state index contributed by atoms with van der Waals surface area (Å²) in [5.41, 5.74) is 0.573. The van der Waals surface area contributed by atoms with E-state index >= 15 is 0 Å². The Bertz CT molecular complexity index is 487. The average Bonchev–Trinajstić information content (AvgIpc) is 2.59. The monoisotopic (exact) mass is 190 g/mol. The minimum Gasteiger partial charge on any atom is -0.529 e. The zero-order valence-corrected chi connectivity index (χ0v) is 7.56. The number of carbonyl (C=O) groups excluding carboxylic acids is 1. The lowest BCUT2D eigenvalue weighted by Crippen LogP contribution is -2.27. The Morgan fingerprint density at radius 1 is 1.43 bits per heavy atom. The Labute approximate surface area is 80.3 Å². The van der Waals surface area contributed by atoms with Crippen LogP contribution in [0.2, 0.25) is 0 Å². The zero-order valence-electron chi connectivity index (χ0n) is 7.56. The number of benzene rings is 1. The molecule has 0 saturated carbocycles. The molecule has 0 atom stereocenters. The van der Waals surface area contributed by atoms with Crippen molar-refractivity contribution in [3.8, 4) is 5.75 Å². The van der Waals surface area contributed by atoms with Crippen molar-refractivity contribution in [2.75, 3.05) is 7.11 Å². The van der Waals surface area contributed by atoms with Crippen LogP contribution in [-0.2, 0) is 0 Å². The Hall–Kier alpha value is -1.97. The van der Waals surface area contributed by atoms with Crippen LogP contribution in [0.5, 0.6) is 5.75 Å². The number of carboxylic acid groups (broad SMARTS) is 1. The van der Waals surface area contributed by atoms with Crippen molar-refractivity contribution in [1.29, 1.82) is 0 Å². The molecule has 0 bridgehead atoms. The summed E-state index contributed by atoms with van der Waals surface area (Å²) in [5.74, 6) is 0.624. The molecule has 2 rings (SSSR count). The van der Waals surface area contributed by atoms with E-state index in [0.717, 1.165) is 9.95 Å². The van der Waals surface area contributed by atoms with Crippen molar-refractivity contribution in [2.45, 2.75) is 0 Å². The maximum absolute atomic E-state index is 10.7. The summed E-state index contributed by atoms with van der Waals surface area (Å²) in [6.07, 6.45) is 0.215. The molecular weight excluding hydrogens is 182 g/mol. The van der Waals surface area contributed by atoms with Gasteiger partial charge in [0, 0.05) is 17.6 Å². The molecular formula is C10H8NO3-. The van der Waals surface area contributed by atoms with Crippen molar-refractivity contribution in [3.63, 3.8) is 0 Å². The van der Waals surface area contributed by atoms with Gasteiger partial charge in [0.15, 0.2) is 0 Å². The van der Waals surface area contributed by atoms with Crippen molar-refractivity contribution in [2.24, 2.45) is 0 Å². The Balaban J connectivity index is 2.69. The molecule has 14 heavy (non-hydrogen) atoms. The zero-order chi connectivity index (χ0) is 10.1. The van der Waals surface area contributed by atoms with E-state index in [1.54, 1.807) is 24.3 Å². The van der Waals surface area contributed by atoms with E-state index < -0.39 is 6.09 Å². The van der Waals surface area contributed by atoms with E-state index in [0.29, 0.717) is 11.3 Å². The average molecular weight is 190 g/mol. The summed E-state index contributed by atoms with van der Waals surface area (Å²) in [6, 6.07) is 6.95. The lowest BCUT2D eigenvalue weighted by Gasteiger charge is -2.06. The van der Waals surface area contributed by atoms with Crippen LogP contribution in [0.1, 0.15) is 0 Å². The molecule has 1 aromatic carbocycles. The SMILES string of the molecule is COc1ccc2ccn(C(=O)[O-])c2c1. The lowest BCUT2D eigenvalue weighted by atomic mass is 10.2. The van der Waals surface area contributed by atoms with Gasteiger partial charge in [-0.1, -0.05) is 0 Å². The van der Waals surface area contributed by atoms with Crippen LogP contribution in [0, 0.1) is 0 Å². The van der Waals surface area contributed by atoms with E-state index in [1.165, 1.54) is 13.3 Å². The fourth-order valence-corrected chi connectivity index (χ4v) is 1.39. The van der Waals surface area contributed by atoms with Gasteiger partial charge in [0.25, 0.3) is 0 Å². The number of nitrogens with zero attached hydrogens (tertiary/aromatic N) is 1. The Kier molecular flexibility index (Phi) is 1.89. The number of carbonyl (C=O) groups is 1. The normalized spacial score (nSPS) is 10.4. The highest BCUT2D eigenvalue weighted by Crippen LogP contribution is 2.21. The topological polar surface area (TPSA) is 54.3 Å². The summed E-state index contributed by atoms with van der Waals surface area (Å²) < 4.78 is 6.05. The van der Waals surface area contributed by atoms with Gasteiger partial charge in [0.05, 0.1) is 12.6 Å². The molecule has 1 heterocycles. The van der Waals surface area contributed by atoms with Crippen molar-refractivity contribution < 1.29 is 14.6 Å². The van der Waals surface area contributed by atoms with Crippen LogP contribution in [0.15, 0.2) is 30.5 Å². The molecule has 72 valence electrons. The Morgan fingerprint density at radius 2 is 2.21 bits per heavy atom. The smallest absolute Gasteiger partial charge is 0.145 e. The number of hydrogen-bond acceptors (Lipinski definition) is 3.